The predicted octanol–water partition coefficient (Wildman–Crippen LogP) is -0.637. The molecule has 3 atom stereocenters. The molecule has 0 aliphatic carbocycles. The van der Waals surface area contributed by atoms with E-state index in [2.05, 4.69) is 0 Å². The minimum Gasteiger partial charge on any atom is -0.426 e. The second kappa shape index (κ2) is 5.66. The first kappa shape index (κ1) is 13.5. The Hall–Kier alpha value is -0.585. The summed E-state index contributed by atoms with van der Waals surface area (Å²) in [6.07, 6.45) is 2.28. The summed E-state index contributed by atoms with van der Waals surface area (Å²) >= 11 is 0. The Morgan fingerprint density at radius 1 is 1.62 bits per heavy atom. The van der Waals surface area contributed by atoms with Gasteiger partial charge in [0.1, 0.15) is 0 Å². The quantitative estimate of drug-likeness (QED) is 0.559. The molecule has 0 bridgehead atoms. The van der Waals surface area contributed by atoms with Crippen molar-refractivity contribution in [2.75, 3.05) is 6.54 Å². The fraction of sp³-hybridized carbons (Fsp3) is 0.900. The van der Waals surface area contributed by atoms with Crippen molar-refractivity contribution in [1.82, 2.24) is 4.90 Å². The van der Waals surface area contributed by atoms with Crippen LogP contribution in [0.25, 0.3) is 0 Å². The van der Waals surface area contributed by atoms with Crippen LogP contribution in [-0.2, 0) is 4.79 Å². The molecule has 5 nitrogen and oxygen atoms in total. The summed E-state index contributed by atoms with van der Waals surface area (Å²) < 4.78 is 0. The van der Waals surface area contributed by atoms with Gasteiger partial charge in [0, 0.05) is 6.54 Å². The fourth-order valence-electron chi connectivity index (χ4n) is 2.06. The van der Waals surface area contributed by atoms with Crippen LogP contribution in [0.1, 0.15) is 33.1 Å². The second-order valence-corrected chi connectivity index (χ2v) is 4.57. The van der Waals surface area contributed by atoms with Gasteiger partial charge in [0.2, 0.25) is 5.91 Å². The molecular weight excluding hydrogens is 207 g/mol. The van der Waals surface area contributed by atoms with E-state index in [1.54, 1.807) is 0 Å². The number of nitrogens with two attached hydrogens (primary N) is 1. The van der Waals surface area contributed by atoms with E-state index in [0.29, 0.717) is 13.0 Å². The fourth-order valence-corrected chi connectivity index (χ4v) is 2.06. The Kier molecular flexibility index (Phi) is 4.77. The summed E-state index contributed by atoms with van der Waals surface area (Å²) in [4.78, 5) is 13.6. The van der Waals surface area contributed by atoms with Gasteiger partial charge in [-0.1, -0.05) is 20.3 Å². The molecule has 1 aliphatic rings. The first-order valence-corrected chi connectivity index (χ1v) is 5.91. The third kappa shape index (κ3) is 2.75. The zero-order chi connectivity index (χ0) is 12.3. The van der Waals surface area contributed by atoms with Crippen LogP contribution < -0.4 is 5.73 Å². The third-order valence-electron chi connectivity index (χ3n) is 3.47. The molecule has 1 saturated heterocycles. The Morgan fingerprint density at radius 2 is 2.25 bits per heavy atom. The van der Waals surface area contributed by atoms with Gasteiger partial charge in [0.05, 0.1) is 12.0 Å². The Balaban J connectivity index is 2.65. The van der Waals surface area contributed by atoms with Crippen molar-refractivity contribution in [1.29, 1.82) is 0 Å². The highest BCUT2D eigenvalue weighted by Gasteiger charge is 2.39. The zero-order valence-corrected chi connectivity index (χ0v) is 9.97. The third-order valence-corrected chi connectivity index (χ3v) is 3.47. The molecular formula is C10H21BN2O3. The SMILES string of the molecule is CC[C@H](C)[C@H](N)C(=O)N1CCC[C@H]1B(O)O. The molecule has 16 heavy (non-hydrogen) atoms. The van der Waals surface area contributed by atoms with E-state index in [1.807, 2.05) is 13.8 Å². The summed E-state index contributed by atoms with van der Waals surface area (Å²) in [7, 11) is -1.46. The van der Waals surface area contributed by atoms with Crippen LogP contribution in [0.15, 0.2) is 0 Å². The second-order valence-electron chi connectivity index (χ2n) is 4.57. The predicted molar refractivity (Wildman–Crippen MR) is 62.4 cm³/mol. The molecule has 1 aliphatic heterocycles. The largest absolute Gasteiger partial charge is 0.475 e. The average Bonchev–Trinajstić information content (AvgIpc) is 2.74. The van der Waals surface area contributed by atoms with Crippen molar-refractivity contribution in [2.45, 2.75) is 45.1 Å². The van der Waals surface area contributed by atoms with Gasteiger partial charge in [-0.2, -0.15) is 0 Å². The van der Waals surface area contributed by atoms with Gasteiger partial charge in [-0.3, -0.25) is 4.79 Å². The van der Waals surface area contributed by atoms with Gasteiger partial charge >= 0.3 is 7.12 Å². The molecule has 1 rings (SSSR count). The highest BCUT2D eigenvalue weighted by atomic mass is 16.4. The Morgan fingerprint density at radius 3 is 2.75 bits per heavy atom. The van der Waals surface area contributed by atoms with Crippen LogP contribution in [-0.4, -0.2) is 46.5 Å². The Bertz CT molecular complexity index is 250. The molecule has 0 aromatic carbocycles. The van der Waals surface area contributed by atoms with Gasteiger partial charge in [0.15, 0.2) is 0 Å². The summed E-state index contributed by atoms with van der Waals surface area (Å²) in [6.45, 7) is 4.49. The number of amides is 1. The van der Waals surface area contributed by atoms with E-state index in [4.69, 9.17) is 15.8 Å². The normalized spacial score (nSPS) is 24.3. The smallest absolute Gasteiger partial charge is 0.426 e. The molecule has 1 heterocycles. The van der Waals surface area contributed by atoms with E-state index < -0.39 is 19.1 Å². The molecule has 1 amide bonds. The number of nitrogens with zero attached hydrogens (tertiary/aromatic N) is 1. The minimum atomic E-state index is -1.46. The van der Waals surface area contributed by atoms with Crippen molar-refractivity contribution in [3.8, 4) is 0 Å². The van der Waals surface area contributed by atoms with E-state index in [0.717, 1.165) is 12.8 Å². The van der Waals surface area contributed by atoms with Gasteiger partial charge in [-0.05, 0) is 18.8 Å². The van der Waals surface area contributed by atoms with Gasteiger partial charge in [-0.15, -0.1) is 0 Å². The number of hydrogen-bond acceptors (Lipinski definition) is 4. The van der Waals surface area contributed by atoms with Gasteiger partial charge in [0.25, 0.3) is 0 Å². The highest BCUT2D eigenvalue weighted by molar-refractivity contribution is 6.43. The summed E-state index contributed by atoms with van der Waals surface area (Å²) in [6, 6.07) is -0.538. The van der Waals surface area contributed by atoms with E-state index in [-0.39, 0.29) is 11.8 Å². The average molecular weight is 228 g/mol. The molecule has 0 unspecified atom stereocenters. The van der Waals surface area contributed by atoms with Crippen LogP contribution in [0, 0.1) is 5.92 Å². The van der Waals surface area contributed by atoms with E-state index in [1.165, 1.54) is 4.90 Å². The summed E-state index contributed by atoms with van der Waals surface area (Å²) in [5.41, 5.74) is 5.86. The van der Waals surface area contributed by atoms with Crippen LogP contribution in [0.3, 0.4) is 0 Å². The lowest BCUT2D eigenvalue weighted by atomic mass is 9.77. The maximum atomic E-state index is 12.0. The van der Waals surface area contributed by atoms with E-state index >= 15 is 0 Å². The van der Waals surface area contributed by atoms with Crippen LogP contribution in [0.5, 0.6) is 0 Å². The lowest BCUT2D eigenvalue weighted by Crippen LogP contribution is -2.53. The number of likely N-dealkylation sites (tertiary alicyclic amines) is 1. The molecule has 1 fully saturated rings. The monoisotopic (exact) mass is 228 g/mol. The van der Waals surface area contributed by atoms with E-state index in [9.17, 15) is 4.79 Å². The van der Waals surface area contributed by atoms with Crippen LogP contribution in [0.4, 0.5) is 0 Å². The Labute approximate surface area is 96.8 Å². The standard InChI is InChI=1S/C10H21BN2O3/c1-3-7(2)9(12)10(14)13-6-4-5-8(13)11(15)16/h7-9,15-16H,3-6,12H2,1-2H3/t7-,8-,9-/m0/s1. The van der Waals surface area contributed by atoms with Crippen molar-refractivity contribution in [2.24, 2.45) is 11.7 Å². The first-order chi connectivity index (χ1) is 7.49. The van der Waals surface area contributed by atoms with Crippen molar-refractivity contribution in [3.05, 3.63) is 0 Å². The van der Waals surface area contributed by atoms with Crippen molar-refractivity contribution in [3.63, 3.8) is 0 Å². The molecule has 0 aromatic heterocycles. The molecule has 0 spiro atoms. The zero-order valence-electron chi connectivity index (χ0n) is 9.97. The molecule has 0 saturated carbocycles. The van der Waals surface area contributed by atoms with Gasteiger partial charge < -0.3 is 20.7 Å². The van der Waals surface area contributed by atoms with Crippen molar-refractivity contribution < 1.29 is 14.8 Å². The molecule has 0 aromatic rings. The summed E-state index contributed by atoms with van der Waals surface area (Å²) in [5.74, 6) is -0.530. The lowest BCUT2D eigenvalue weighted by molar-refractivity contribution is -0.133. The highest BCUT2D eigenvalue weighted by Crippen LogP contribution is 2.20. The number of rotatable bonds is 4. The number of carbonyl (C=O) groups excluding carboxylic acids is 1. The molecule has 4 N–H and O–H groups in total. The van der Waals surface area contributed by atoms with Gasteiger partial charge in [-0.25, -0.2) is 0 Å². The first-order valence-electron chi connectivity index (χ1n) is 5.91. The maximum Gasteiger partial charge on any atom is 0.475 e. The van der Waals surface area contributed by atoms with Crippen LogP contribution in [0.2, 0.25) is 0 Å². The minimum absolute atomic E-state index is 0.115. The summed E-state index contributed by atoms with van der Waals surface area (Å²) in [5, 5.41) is 18.3. The van der Waals surface area contributed by atoms with Crippen LogP contribution >= 0.6 is 0 Å². The van der Waals surface area contributed by atoms with Crippen molar-refractivity contribution >= 4 is 13.0 Å². The molecule has 92 valence electrons. The maximum absolute atomic E-state index is 12.0. The number of hydrogen-bond donors (Lipinski definition) is 3. The molecule has 0 radical (unpaired) electrons. The molecule has 6 heteroatoms. The number of carbonyl (C=O) groups is 1. The topological polar surface area (TPSA) is 86.8 Å². The lowest BCUT2D eigenvalue weighted by Gasteiger charge is -2.29.